The molecular weight excluding hydrogens is 252 g/mol. The van der Waals surface area contributed by atoms with Crippen LogP contribution in [0.15, 0.2) is 18.2 Å². The minimum atomic E-state index is -0.611. The van der Waals surface area contributed by atoms with Gasteiger partial charge in [0.1, 0.15) is 6.10 Å². The molecule has 0 aromatic heterocycles. The van der Waals surface area contributed by atoms with Crippen LogP contribution in [0.2, 0.25) is 0 Å². The monoisotopic (exact) mass is 278 g/mol. The minimum absolute atomic E-state index is 0.170. The van der Waals surface area contributed by atoms with Crippen molar-refractivity contribution in [3.05, 3.63) is 29.3 Å². The van der Waals surface area contributed by atoms with Crippen LogP contribution < -0.4 is 11.1 Å². The smallest absolute Gasteiger partial charge is 0.254 e. The summed E-state index contributed by atoms with van der Waals surface area (Å²) in [6.45, 7) is 8.72. The van der Waals surface area contributed by atoms with Crippen molar-refractivity contribution in [1.82, 2.24) is 0 Å². The number of amides is 1. The minimum Gasteiger partial charge on any atom is -0.370 e. The zero-order chi connectivity index (χ0) is 15.3. The lowest BCUT2D eigenvalue weighted by Crippen LogP contribution is -2.36. The Morgan fingerprint density at radius 2 is 1.90 bits per heavy atom. The van der Waals surface area contributed by atoms with Gasteiger partial charge in [0.2, 0.25) is 0 Å². The number of methoxy groups -OCH3 is 1. The van der Waals surface area contributed by atoms with Crippen LogP contribution in [0, 0.1) is 0 Å². The molecule has 0 radical (unpaired) electrons. The van der Waals surface area contributed by atoms with E-state index in [4.69, 9.17) is 10.5 Å². The lowest BCUT2D eigenvalue weighted by Gasteiger charge is -2.19. The third kappa shape index (κ3) is 4.05. The van der Waals surface area contributed by atoms with Crippen LogP contribution in [0.4, 0.5) is 5.69 Å². The molecule has 3 N–H and O–H groups in total. The Morgan fingerprint density at radius 3 is 2.35 bits per heavy atom. The van der Waals surface area contributed by atoms with Crippen LogP contribution in [0.1, 0.15) is 50.7 Å². The fourth-order valence-electron chi connectivity index (χ4n) is 2.06. The van der Waals surface area contributed by atoms with Crippen LogP contribution in [-0.2, 0) is 9.53 Å². The van der Waals surface area contributed by atoms with Gasteiger partial charge in [-0.05, 0) is 29.0 Å². The average Bonchev–Trinajstić information content (AvgIpc) is 2.39. The molecule has 1 unspecified atom stereocenters. The summed E-state index contributed by atoms with van der Waals surface area (Å²) < 4.78 is 5.06. The summed E-state index contributed by atoms with van der Waals surface area (Å²) in [6, 6.07) is 6.18. The Labute approximate surface area is 121 Å². The molecule has 20 heavy (non-hydrogen) atoms. The van der Waals surface area contributed by atoms with E-state index in [9.17, 15) is 4.79 Å². The van der Waals surface area contributed by atoms with E-state index in [1.54, 1.807) is 0 Å². The fourth-order valence-corrected chi connectivity index (χ4v) is 2.06. The van der Waals surface area contributed by atoms with Gasteiger partial charge >= 0.3 is 0 Å². The first kappa shape index (κ1) is 16.7. The SMILES string of the molecule is COC(CN)C(=O)Nc1ccc(C(C)C)cc1C(C)C. The normalized spacial score (nSPS) is 12.8. The maximum absolute atomic E-state index is 12.1. The lowest BCUT2D eigenvalue weighted by molar-refractivity contribution is -0.125. The number of hydrogen-bond acceptors (Lipinski definition) is 3. The van der Waals surface area contributed by atoms with E-state index in [2.05, 4.69) is 45.1 Å². The second-order valence-electron chi connectivity index (χ2n) is 5.61. The van der Waals surface area contributed by atoms with Crippen molar-refractivity contribution < 1.29 is 9.53 Å². The summed E-state index contributed by atoms with van der Waals surface area (Å²) in [5, 5.41) is 2.92. The predicted octanol–water partition coefficient (Wildman–Crippen LogP) is 2.85. The van der Waals surface area contributed by atoms with Crippen molar-refractivity contribution in [2.24, 2.45) is 5.73 Å². The number of nitrogens with one attached hydrogen (secondary N) is 1. The third-order valence-corrected chi connectivity index (χ3v) is 3.41. The van der Waals surface area contributed by atoms with Crippen molar-refractivity contribution in [3.8, 4) is 0 Å². The Balaban J connectivity index is 3.03. The Bertz CT molecular complexity index is 452. The predicted molar refractivity (Wildman–Crippen MR) is 83.1 cm³/mol. The Hall–Kier alpha value is -1.39. The van der Waals surface area contributed by atoms with Crippen molar-refractivity contribution >= 4 is 11.6 Å². The van der Waals surface area contributed by atoms with Crippen molar-refractivity contribution in [1.29, 1.82) is 0 Å². The molecule has 0 heterocycles. The molecule has 0 saturated heterocycles. The van der Waals surface area contributed by atoms with Crippen molar-refractivity contribution in [3.63, 3.8) is 0 Å². The number of hydrogen-bond donors (Lipinski definition) is 2. The fraction of sp³-hybridized carbons (Fsp3) is 0.562. The highest BCUT2D eigenvalue weighted by atomic mass is 16.5. The molecule has 0 fully saturated rings. The number of nitrogens with two attached hydrogens (primary N) is 1. The van der Waals surface area contributed by atoms with E-state index in [1.165, 1.54) is 12.7 Å². The summed E-state index contributed by atoms with van der Waals surface area (Å²) in [5.41, 5.74) is 8.76. The third-order valence-electron chi connectivity index (χ3n) is 3.41. The highest BCUT2D eigenvalue weighted by Gasteiger charge is 2.18. The number of benzene rings is 1. The van der Waals surface area contributed by atoms with Crippen LogP contribution in [-0.4, -0.2) is 25.7 Å². The zero-order valence-electron chi connectivity index (χ0n) is 13.1. The molecular formula is C16H26N2O2. The maximum Gasteiger partial charge on any atom is 0.254 e. The first-order valence-electron chi connectivity index (χ1n) is 7.08. The summed E-state index contributed by atoms with van der Waals surface area (Å²) in [6.07, 6.45) is -0.611. The topological polar surface area (TPSA) is 64.3 Å². The molecule has 0 aliphatic carbocycles. The second kappa shape index (κ2) is 7.41. The summed E-state index contributed by atoms with van der Waals surface area (Å²) in [4.78, 5) is 12.1. The molecule has 0 bridgehead atoms. The molecule has 1 aromatic carbocycles. The van der Waals surface area contributed by atoms with Gasteiger partial charge < -0.3 is 15.8 Å². The van der Waals surface area contributed by atoms with E-state index in [0.717, 1.165) is 11.3 Å². The van der Waals surface area contributed by atoms with Gasteiger partial charge in [0.25, 0.3) is 5.91 Å². The van der Waals surface area contributed by atoms with Gasteiger partial charge in [0.05, 0.1) is 0 Å². The van der Waals surface area contributed by atoms with Gasteiger partial charge in [-0.1, -0.05) is 39.8 Å². The second-order valence-corrected chi connectivity index (χ2v) is 5.61. The van der Waals surface area contributed by atoms with Gasteiger partial charge in [-0.15, -0.1) is 0 Å². The summed E-state index contributed by atoms with van der Waals surface area (Å²) >= 11 is 0. The standard InChI is InChI=1S/C16H26N2O2/c1-10(2)12-6-7-14(13(8-12)11(3)4)18-16(19)15(9-17)20-5/h6-8,10-11,15H,9,17H2,1-5H3,(H,18,19). The molecule has 1 rings (SSSR count). The van der Waals surface area contributed by atoms with Gasteiger partial charge in [-0.25, -0.2) is 0 Å². The summed E-state index contributed by atoms with van der Waals surface area (Å²) in [7, 11) is 1.49. The van der Waals surface area contributed by atoms with E-state index >= 15 is 0 Å². The maximum atomic E-state index is 12.1. The number of ether oxygens (including phenoxy) is 1. The first-order chi connectivity index (χ1) is 9.40. The number of carbonyl (C=O) groups excluding carboxylic acids is 1. The van der Waals surface area contributed by atoms with E-state index in [-0.39, 0.29) is 12.5 Å². The highest BCUT2D eigenvalue weighted by molar-refractivity contribution is 5.95. The van der Waals surface area contributed by atoms with E-state index in [0.29, 0.717) is 11.8 Å². The van der Waals surface area contributed by atoms with E-state index in [1.807, 2.05) is 6.07 Å². The van der Waals surface area contributed by atoms with Crippen LogP contribution in [0.25, 0.3) is 0 Å². The van der Waals surface area contributed by atoms with Gasteiger partial charge in [-0.3, -0.25) is 4.79 Å². The molecule has 1 atom stereocenters. The zero-order valence-corrected chi connectivity index (χ0v) is 13.1. The molecule has 0 spiro atoms. The van der Waals surface area contributed by atoms with Crippen molar-refractivity contribution in [2.75, 3.05) is 19.0 Å². The van der Waals surface area contributed by atoms with Gasteiger partial charge in [-0.2, -0.15) is 0 Å². The first-order valence-corrected chi connectivity index (χ1v) is 7.08. The van der Waals surface area contributed by atoms with Gasteiger partial charge in [0, 0.05) is 19.3 Å². The summed E-state index contributed by atoms with van der Waals surface area (Å²) in [5.74, 6) is 0.602. The molecule has 1 amide bonds. The molecule has 0 saturated carbocycles. The lowest BCUT2D eigenvalue weighted by atomic mass is 9.94. The molecule has 4 heteroatoms. The quantitative estimate of drug-likeness (QED) is 0.841. The van der Waals surface area contributed by atoms with Gasteiger partial charge in [0.15, 0.2) is 0 Å². The van der Waals surface area contributed by atoms with Crippen molar-refractivity contribution in [2.45, 2.75) is 45.6 Å². The molecule has 112 valence electrons. The highest BCUT2D eigenvalue weighted by Crippen LogP contribution is 2.28. The van der Waals surface area contributed by atoms with Crippen LogP contribution in [0.5, 0.6) is 0 Å². The van der Waals surface area contributed by atoms with Crippen LogP contribution >= 0.6 is 0 Å². The Kier molecular flexibility index (Phi) is 6.17. The Morgan fingerprint density at radius 1 is 1.25 bits per heavy atom. The molecule has 4 nitrogen and oxygen atoms in total. The molecule has 1 aromatic rings. The average molecular weight is 278 g/mol. The molecule has 0 aliphatic heterocycles. The van der Waals surface area contributed by atoms with E-state index < -0.39 is 6.10 Å². The number of carbonyl (C=O) groups is 1. The number of rotatable bonds is 6. The molecule has 0 aliphatic rings. The van der Waals surface area contributed by atoms with Crippen LogP contribution in [0.3, 0.4) is 0 Å². The largest absolute Gasteiger partial charge is 0.370 e. The number of anilines is 1.